The number of hydrogen-bond acceptors (Lipinski definition) is 6. The van der Waals surface area contributed by atoms with Crippen LogP contribution >= 0.6 is 15.9 Å². The molecule has 0 aliphatic rings. The van der Waals surface area contributed by atoms with Crippen LogP contribution in [0, 0.1) is 6.92 Å². The first-order chi connectivity index (χ1) is 13.9. The molecule has 0 atom stereocenters. The SMILES string of the molecule is COc1ccc(Br)cc1C(=O)CCC(=O)OCc1cc(=O)n2cccc(C)c2n1. The highest BCUT2D eigenvalue weighted by molar-refractivity contribution is 9.10. The van der Waals surface area contributed by atoms with E-state index in [0.717, 1.165) is 10.0 Å². The van der Waals surface area contributed by atoms with Gasteiger partial charge in [0.05, 0.1) is 24.8 Å². The third-order valence-electron chi connectivity index (χ3n) is 4.34. The van der Waals surface area contributed by atoms with E-state index in [9.17, 15) is 14.4 Å². The largest absolute Gasteiger partial charge is 0.496 e. The van der Waals surface area contributed by atoms with E-state index >= 15 is 0 Å². The highest BCUT2D eigenvalue weighted by Crippen LogP contribution is 2.24. The lowest BCUT2D eigenvalue weighted by Crippen LogP contribution is -2.17. The summed E-state index contributed by atoms with van der Waals surface area (Å²) in [4.78, 5) is 41.0. The zero-order valence-electron chi connectivity index (χ0n) is 16.0. The first-order valence-corrected chi connectivity index (χ1v) is 9.68. The molecule has 2 heterocycles. The number of benzene rings is 1. The Morgan fingerprint density at radius 3 is 2.72 bits per heavy atom. The zero-order chi connectivity index (χ0) is 21.0. The first kappa shape index (κ1) is 20.7. The number of hydrogen-bond donors (Lipinski definition) is 0. The zero-order valence-corrected chi connectivity index (χ0v) is 17.6. The van der Waals surface area contributed by atoms with Crippen molar-refractivity contribution in [3.8, 4) is 5.75 Å². The van der Waals surface area contributed by atoms with Crippen LogP contribution in [-0.4, -0.2) is 28.2 Å². The number of Topliss-reactive ketones (excluding diaryl/α,β-unsaturated/α-hetero) is 1. The van der Waals surface area contributed by atoms with Gasteiger partial charge in [-0.2, -0.15) is 0 Å². The van der Waals surface area contributed by atoms with Gasteiger partial charge in [-0.25, -0.2) is 4.98 Å². The van der Waals surface area contributed by atoms with E-state index in [-0.39, 0.29) is 30.8 Å². The number of fused-ring (bicyclic) bond motifs is 1. The van der Waals surface area contributed by atoms with Gasteiger partial charge < -0.3 is 9.47 Å². The van der Waals surface area contributed by atoms with E-state index in [4.69, 9.17) is 9.47 Å². The van der Waals surface area contributed by atoms with Crippen LogP contribution in [0.2, 0.25) is 0 Å². The average molecular weight is 459 g/mol. The Labute approximate surface area is 175 Å². The number of pyridine rings is 1. The standard InChI is InChI=1S/C21H19BrN2O5/c1-13-4-3-9-24-19(26)11-15(23-21(13)24)12-29-20(27)8-6-17(25)16-10-14(22)5-7-18(16)28-2/h3-5,7,9-11H,6,8,12H2,1-2H3. The molecule has 150 valence electrons. The van der Waals surface area contributed by atoms with Crippen LogP contribution in [0.3, 0.4) is 0 Å². The maximum Gasteiger partial charge on any atom is 0.306 e. The number of nitrogens with zero attached hydrogens (tertiary/aromatic N) is 2. The van der Waals surface area contributed by atoms with E-state index in [1.807, 2.05) is 13.0 Å². The lowest BCUT2D eigenvalue weighted by molar-refractivity contribution is -0.145. The normalized spacial score (nSPS) is 10.7. The van der Waals surface area contributed by atoms with Crippen molar-refractivity contribution in [3.63, 3.8) is 0 Å². The average Bonchev–Trinajstić information content (AvgIpc) is 2.71. The monoisotopic (exact) mass is 458 g/mol. The number of aryl methyl sites for hydroxylation is 1. The molecule has 0 aliphatic heterocycles. The molecule has 0 bridgehead atoms. The van der Waals surface area contributed by atoms with Gasteiger partial charge in [0.15, 0.2) is 5.78 Å². The second-order valence-corrected chi connectivity index (χ2v) is 7.31. The Morgan fingerprint density at radius 2 is 1.97 bits per heavy atom. The molecule has 0 saturated heterocycles. The summed E-state index contributed by atoms with van der Waals surface area (Å²) in [7, 11) is 1.48. The number of esters is 1. The smallest absolute Gasteiger partial charge is 0.306 e. The molecule has 0 saturated carbocycles. The van der Waals surface area contributed by atoms with Gasteiger partial charge in [0.25, 0.3) is 5.56 Å². The molecule has 3 rings (SSSR count). The van der Waals surface area contributed by atoms with Crippen molar-refractivity contribution >= 4 is 33.3 Å². The van der Waals surface area contributed by atoms with Crippen molar-refractivity contribution in [1.29, 1.82) is 0 Å². The van der Waals surface area contributed by atoms with Gasteiger partial charge in [0.1, 0.15) is 18.0 Å². The second-order valence-electron chi connectivity index (χ2n) is 6.40. The fourth-order valence-corrected chi connectivity index (χ4v) is 3.22. The molecule has 0 fully saturated rings. The van der Waals surface area contributed by atoms with E-state index in [0.29, 0.717) is 22.7 Å². The molecule has 0 unspecified atom stereocenters. The summed E-state index contributed by atoms with van der Waals surface area (Å²) in [5, 5.41) is 0. The Morgan fingerprint density at radius 1 is 1.17 bits per heavy atom. The molecular formula is C21H19BrN2O5. The molecule has 1 aromatic carbocycles. The van der Waals surface area contributed by atoms with Gasteiger partial charge in [-0.1, -0.05) is 22.0 Å². The van der Waals surface area contributed by atoms with Crippen LogP contribution in [0.1, 0.15) is 34.5 Å². The molecule has 0 radical (unpaired) electrons. The molecule has 8 heteroatoms. The van der Waals surface area contributed by atoms with Gasteiger partial charge >= 0.3 is 5.97 Å². The quantitative estimate of drug-likeness (QED) is 0.397. The Kier molecular flexibility index (Phi) is 6.43. The third-order valence-corrected chi connectivity index (χ3v) is 4.83. The number of methoxy groups -OCH3 is 1. The van der Waals surface area contributed by atoms with Crippen LogP contribution in [-0.2, 0) is 16.1 Å². The molecule has 0 amide bonds. The summed E-state index contributed by atoms with van der Waals surface area (Å²) in [5.41, 5.74) is 1.86. The maximum atomic E-state index is 12.4. The molecule has 7 nitrogen and oxygen atoms in total. The van der Waals surface area contributed by atoms with Crippen molar-refractivity contribution in [1.82, 2.24) is 9.38 Å². The van der Waals surface area contributed by atoms with Crippen LogP contribution in [0.25, 0.3) is 5.65 Å². The Hall–Kier alpha value is -3.00. The summed E-state index contributed by atoms with van der Waals surface area (Å²) < 4.78 is 12.6. The van der Waals surface area contributed by atoms with Crippen LogP contribution < -0.4 is 10.3 Å². The van der Waals surface area contributed by atoms with Crippen LogP contribution in [0.15, 0.2) is 51.9 Å². The Balaban J connectivity index is 1.61. The molecule has 0 aliphatic carbocycles. The first-order valence-electron chi connectivity index (χ1n) is 8.89. The molecule has 0 spiro atoms. The van der Waals surface area contributed by atoms with Gasteiger partial charge in [-0.15, -0.1) is 0 Å². The second kappa shape index (κ2) is 9.00. The number of ketones is 1. The van der Waals surface area contributed by atoms with Crippen molar-refractivity contribution in [2.45, 2.75) is 26.4 Å². The van der Waals surface area contributed by atoms with E-state index in [1.54, 1.807) is 30.5 Å². The van der Waals surface area contributed by atoms with E-state index < -0.39 is 5.97 Å². The molecule has 29 heavy (non-hydrogen) atoms. The molecule has 3 aromatic rings. The number of carbonyl (C=O) groups excluding carboxylic acids is 2. The molecule has 0 N–H and O–H groups in total. The summed E-state index contributed by atoms with van der Waals surface area (Å²) in [6, 6.07) is 10.0. The van der Waals surface area contributed by atoms with Crippen LogP contribution in [0.5, 0.6) is 5.75 Å². The number of carbonyl (C=O) groups is 2. The number of aromatic nitrogens is 2. The predicted octanol–water partition coefficient (Wildman–Crippen LogP) is 3.48. The highest BCUT2D eigenvalue weighted by atomic mass is 79.9. The summed E-state index contributed by atoms with van der Waals surface area (Å²) in [6.07, 6.45) is 1.54. The predicted molar refractivity (Wildman–Crippen MR) is 110 cm³/mol. The number of halogens is 1. The topological polar surface area (TPSA) is 87.0 Å². The minimum absolute atomic E-state index is 0.0153. The number of ether oxygens (including phenoxy) is 2. The minimum Gasteiger partial charge on any atom is -0.496 e. The lowest BCUT2D eigenvalue weighted by atomic mass is 10.1. The minimum atomic E-state index is -0.543. The van der Waals surface area contributed by atoms with Crippen molar-refractivity contribution < 1.29 is 19.1 Å². The maximum absolute atomic E-state index is 12.4. The van der Waals surface area contributed by atoms with Crippen molar-refractivity contribution in [2.75, 3.05) is 7.11 Å². The van der Waals surface area contributed by atoms with Crippen LogP contribution in [0.4, 0.5) is 0 Å². The van der Waals surface area contributed by atoms with Gasteiger partial charge in [0, 0.05) is 23.2 Å². The van der Waals surface area contributed by atoms with Gasteiger partial charge in [-0.3, -0.25) is 18.8 Å². The van der Waals surface area contributed by atoms with E-state index in [2.05, 4.69) is 20.9 Å². The third kappa shape index (κ3) is 4.89. The highest BCUT2D eigenvalue weighted by Gasteiger charge is 2.15. The van der Waals surface area contributed by atoms with Crippen molar-refractivity contribution in [3.05, 3.63) is 74.2 Å². The fourth-order valence-electron chi connectivity index (χ4n) is 2.86. The van der Waals surface area contributed by atoms with Gasteiger partial charge in [-0.05, 0) is 36.8 Å². The lowest BCUT2D eigenvalue weighted by Gasteiger charge is -2.09. The Bertz CT molecular complexity index is 1140. The number of rotatable bonds is 7. The molecular weight excluding hydrogens is 440 g/mol. The molecule has 2 aromatic heterocycles. The fraction of sp³-hybridized carbons (Fsp3) is 0.238. The summed E-state index contributed by atoms with van der Waals surface area (Å²) in [6.45, 7) is 1.71. The van der Waals surface area contributed by atoms with Crippen molar-refractivity contribution in [2.24, 2.45) is 0 Å². The van der Waals surface area contributed by atoms with E-state index in [1.165, 1.54) is 17.6 Å². The van der Waals surface area contributed by atoms with Gasteiger partial charge in [0.2, 0.25) is 0 Å². The summed E-state index contributed by atoms with van der Waals surface area (Å²) >= 11 is 3.32. The summed E-state index contributed by atoms with van der Waals surface area (Å²) in [5.74, 6) is -0.320.